The van der Waals surface area contributed by atoms with Crippen molar-refractivity contribution in [1.29, 1.82) is 0 Å². The van der Waals surface area contributed by atoms with Crippen LogP contribution in [0.3, 0.4) is 0 Å². The summed E-state index contributed by atoms with van der Waals surface area (Å²) in [5.41, 5.74) is 0.0601. The van der Waals surface area contributed by atoms with E-state index in [0.29, 0.717) is 17.9 Å². The van der Waals surface area contributed by atoms with Crippen LogP contribution in [0.25, 0.3) is 0 Å². The van der Waals surface area contributed by atoms with Crippen LogP contribution in [-0.4, -0.2) is 46.8 Å². The topological polar surface area (TPSA) is 76.1 Å². The summed E-state index contributed by atoms with van der Waals surface area (Å²) in [6.07, 6.45) is 0.00786. The molecule has 0 aliphatic carbocycles. The van der Waals surface area contributed by atoms with E-state index in [1.165, 1.54) is 16.7 Å². The fourth-order valence-electron chi connectivity index (χ4n) is 1.91. The van der Waals surface area contributed by atoms with Crippen LogP contribution >= 0.6 is 11.8 Å². The largest absolute Gasteiger partial charge is 0.477 e. The van der Waals surface area contributed by atoms with E-state index in [2.05, 4.69) is 0 Å². The number of hydrogen-bond acceptors (Lipinski definition) is 5. The number of nitrogens with zero attached hydrogens (tertiary/aromatic N) is 1. The van der Waals surface area contributed by atoms with Crippen molar-refractivity contribution in [2.24, 2.45) is 0 Å². The van der Waals surface area contributed by atoms with Crippen LogP contribution in [-0.2, 0) is 19.1 Å². The molecule has 0 spiro atoms. The number of fused-ring (bicyclic) bond motifs is 1. The lowest BCUT2D eigenvalue weighted by atomic mass is 10.1. The maximum Gasteiger partial charge on any atom is 0.353 e. The predicted molar refractivity (Wildman–Crippen MR) is 64.5 cm³/mol. The number of carbonyl (C=O) groups is 2. The van der Waals surface area contributed by atoms with Crippen molar-refractivity contribution in [2.45, 2.75) is 31.9 Å². The predicted octanol–water partition coefficient (Wildman–Crippen LogP) is 0.987. The van der Waals surface area contributed by atoms with Crippen LogP contribution in [0, 0.1) is 0 Å². The van der Waals surface area contributed by atoms with Gasteiger partial charge in [-0.1, -0.05) is 11.8 Å². The summed E-state index contributed by atoms with van der Waals surface area (Å²) in [5, 5.41) is 9.08. The number of amides is 1. The molecule has 6 nitrogen and oxygen atoms in total. The second-order valence-corrected chi connectivity index (χ2v) is 5.22. The van der Waals surface area contributed by atoms with Gasteiger partial charge in [0, 0.05) is 11.5 Å². The van der Waals surface area contributed by atoms with Gasteiger partial charge in [0.15, 0.2) is 6.29 Å². The van der Waals surface area contributed by atoms with Crippen molar-refractivity contribution in [3.05, 3.63) is 10.6 Å². The zero-order valence-electron chi connectivity index (χ0n) is 10.2. The highest BCUT2D eigenvalue weighted by Gasteiger charge is 2.48. The minimum absolute atomic E-state index is 0.0601. The molecule has 2 rings (SSSR count). The maximum atomic E-state index is 11.4. The summed E-state index contributed by atoms with van der Waals surface area (Å²) in [5.74, 6) is -1.22. The van der Waals surface area contributed by atoms with Gasteiger partial charge >= 0.3 is 5.97 Å². The number of carboxylic acids is 1. The summed E-state index contributed by atoms with van der Waals surface area (Å²) < 4.78 is 10.6. The number of β-lactam (4-membered cyclic amide) rings is 1. The molecule has 0 aromatic carbocycles. The monoisotopic (exact) mass is 273 g/mol. The Labute approximate surface area is 109 Å². The lowest BCUT2D eigenvalue weighted by molar-refractivity contribution is -0.145. The Kier molecular flexibility index (Phi) is 3.94. The van der Waals surface area contributed by atoms with Gasteiger partial charge in [0.25, 0.3) is 0 Å². The van der Waals surface area contributed by atoms with E-state index < -0.39 is 5.97 Å². The maximum absolute atomic E-state index is 11.4. The third kappa shape index (κ3) is 2.38. The van der Waals surface area contributed by atoms with Crippen LogP contribution in [0.2, 0.25) is 0 Å². The quantitative estimate of drug-likeness (QED) is 0.574. The van der Waals surface area contributed by atoms with Gasteiger partial charge in [0.2, 0.25) is 5.91 Å². The third-order valence-electron chi connectivity index (χ3n) is 2.74. The van der Waals surface area contributed by atoms with Crippen LogP contribution in [0.4, 0.5) is 0 Å². The Balaban J connectivity index is 2.02. The molecule has 100 valence electrons. The van der Waals surface area contributed by atoms with Crippen LogP contribution in [0.5, 0.6) is 0 Å². The minimum Gasteiger partial charge on any atom is -0.477 e. The Hall–Kier alpha value is -1.05. The average molecular weight is 273 g/mol. The molecule has 0 aromatic rings. The van der Waals surface area contributed by atoms with Crippen LogP contribution in [0.1, 0.15) is 20.3 Å². The van der Waals surface area contributed by atoms with Gasteiger partial charge in [-0.3, -0.25) is 9.69 Å². The molecule has 7 heteroatoms. The number of ether oxygens (including phenoxy) is 2. The number of carboxylic acid groups (broad SMARTS) is 1. The fourth-order valence-corrected chi connectivity index (χ4v) is 3.22. The molecule has 0 aromatic heterocycles. The number of thioether (sulfide) groups is 1. The Bertz CT molecular complexity index is 408. The Morgan fingerprint density at radius 1 is 1.61 bits per heavy atom. The van der Waals surface area contributed by atoms with Gasteiger partial charge in [0.05, 0.1) is 18.4 Å². The number of carbonyl (C=O) groups excluding carboxylic acids is 1. The van der Waals surface area contributed by atoms with E-state index in [1.54, 1.807) is 6.92 Å². The average Bonchev–Trinajstić information content (AvgIpc) is 2.59. The molecule has 0 bridgehead atoms. The van der Waals surface area contributed by atoms with Crippen molar-refractivity contribution in [3.63, 3.8) is 0 Å². The van der Waals surface area contributed by atoms with Gasteiger partial charge in [-0.2, -0.15) is 0 Å². The second-order valence-electron chi connectivity index (χ2n) is 3.95. The lowest BCUT2D eigenvalue weighted by Crippen LogP contribution is -2.48. The van der Waals surface area contributed by atoms with Crippen molar-refractivity contribution in [2.75, 3.05) is 13.2 Å². The molecule has 0 saturated carbocycles. The SMILES string of the molecule is CCOC(C)OCC1=C(C(=O)O)N2C(=O)C[C@@H]2S1. The molecule has 2 atom stereocenters. The summed E-state index contributed by atoms with van der Waals surface area (Å²) in [6, 6.07) is 0. The molecule has 18 heavy (non-hydrogen) atoms. The summed E-state index contributed by atoms with van der Waals surface area (Å²) in [4.78, 5) is 24.4. The zero-order chi connectivity index (χ0) is 13.3. The summed E-state index contributed by atoms with van der Waals surface area (Å²) in [7, 11) is 0. The van der Waals surface area contributed by atoms with Gasteiger partial charge in [0.1, 0.15) is 5.70 Å². The highest BCUT2D eigenvalue weighted by Crippen LogP contribution is 2.46. The highest BCUT2D eigenvalue weighted by molar-refractivity contribution is 8.04. The number of rotatable bonds is 6. The molecule has 0 radical (unpaired) electrons. The van der Waals surface area contributed by atoms with E-state index >= 15 is 0 Å². The molecule has 1 unspecified atom stereocenters. The van der Waals surface area contributed by atoms with E-state index in [4.69, 9.17) is 14.6 Å². The smallest absolute Gasteiger partial charge is 0.353 e. The molecule has 1 saturated heterocycles. The van der Waals surface area contributed by atoms with E-state index in [9.17, 15) is 9.59 Å². The molecular weight excluding hydrogens is 258 g/mol. The van der Waals surface area contributed by atoms with Gasteiger partial charge < -0.3 is 14.6 Å². The molecule has 1 fully saturated rings. The molecular formula is C11H15NO5S. The standard InChI is InChI=1S/C11H15NO5S/c1-3-16-6(2)17-5-7-10(11(14)15)12-8(13)4-9(12)18-7/h6,9H,3-5H2,1-2H3,(H,14,15)/t6?,9-/m0/s1. The molecule has 1 amide bonds. The number of hydrogen-bond donors (Lipinski definition) is 1. The highest BCUT2D eigenvalue weighted by atomic mass is 32.2. The van der Waals surface area contributed by atoms with Crippen molar-refractivity contribution >= 4 is 23.6 Å². The van der Waals surface area contributed by atoms with Crippen LogP contribution < -0.4 is 0 Å². The van der Waals surface area contributed by atoms with Gasteiger partial charge in [-0.05, 0) is 13.8 Å². The first kappa shape index (κ1) is 13.4. The number of aliphatic carboxylic acids is 1. The van der Waals surface area contributed by atoms with Gasteiger partial charge in [-0.25, -0.2) is 4.79 Å². The van der Waals surface area contributed by atoms with E-state index in [0.717, 1.165) is 0 Å². The molecule has 1 N–H and O–H groups in total. The first-order valence-corrected chi connectivity index (χ1v) is 6.61. The van der Waals surface area contributed by atoms with Gasteiger partial charge in [-0.15, -0.1) is 0 Å². The normalized spacial score (nSPS) is 24.0. The minimum atomic E-state index is -1.08. The molecule has 2 aliphatic heterocycles. The fraction of sp³-hybridized carbons (Fsp3) is 0.636. The first-order valence-electron chi connectivity index (χ1n) is 5.73. The summed E-state index contributed by atoms with van der Waals surface area (Å²) in [6.45, 7) is 4.31. The third-order valence-corrected chi connectivity index (χ3v) is 3.99. The summed E-state index contributed by atoms with van der Waals surface area (Å²) >= 11 is 1.38. The van der Waals surface area contributed by atoms with Crippen molar-refractivity contribution < 1.29 is 24.2 Å². The first-order chi connectivity index (χ1) is 8.54. The van der Waals surface area contributed by atoms with E-state index in [1.807, 2.05) is 6.92 Å². The van der Waals surface area contributed by atoms with Crippen molar-refractivity contribution in [1.82, 2.24) is 4.90 Å². The Morgan fingerprint density at radius 2 is 2.33 bits per heavy atom. The van der Waals surface area contributed by atoms with E-state index in [-0.39, 0.29) is 29.9 Å². The van der Waals surface area contributed by atoms with Crippen LogP contribution in [0.15, 0.2) is 10.6 Å². The Morgan fingerprint density at radius 3 is 2.89 bits per heavy atom. The van der Waals surface area contributed by atoms with Crippen molar-refractivity contribution in [3.8, 4) is 0 Å². The second kappa shape index (κ2) is 5.29. The molecule has 2 heterocycles. The zero-order valence-corrected chi connectivity index (χ0v) is 11.0. The molecule has 2 aliphatic rings. The lowest BCUT2D eigenvalue weighted by Gasteiger charge is -2.33.